The average Bonchev–Trinajstić information content (AvgIpc) is 3.93. The van der Waals surface area contributed by atoms with Gasteiger partial charge in [-0.25, -0.2) is 10.0 Å². The van der Waals surface area contributed by atoms with Crippen LogP contribution >= 0.6 is 31.9 Å². The zero-order chi connectivity index (χ0) is 41.4. The van der Waals surface area contributed by atoms with Gasteiger partial charge in [0, 0.05) is 95.0 Å². The van der Waals surface area contributed by atoms with Crippen LogP contribution < -0.4 is 32.0 Å². The zero-order valence-corrected chi connectivity index (χ0v) is 34.7. The lowest BCUT2D eigenvalue weighted by atomic mass is 10.2. The molecule has 5 aromatic rings. The Balaban J connectivity index is 1.26. The first-order chi connectivity index (χ1) is 27.2. The van der Waals surface area contributed by atoms with Gasteiger partial charge in [-0.15, -0.1) is 0 Å². The van der Waals surface area contributed by atoms with E-state index in [1.807, 2.05) is 11.1 Å². The van der Waals surface area contributed by atoms with Crippen molar-refractivity contribution >= 4 is 90.2 Å². The molecule has 0 saturated heterocycles. The van der Waals surface area contributed by atoms with Crippen LogP contribution in [0.5, 0.6) is 0 Å². The molecular formula is C36H42Br2N14O5. The third-order valence-corrected chi connectivity index (χ3v) is 9.24. The Bertz CT molecular complexity index is 2290. The maximum Gasteiger partial charge on any atom is 0.275 e. The predicted octanol–water partition coefficient (Wildman–Crippen LogP) is 3.30. The van der Waals surface area contributed by atoms with Crippen molar-refractivity contribution in [3.8, 4) is 0 Å². The van der Waals surface area contributed by atoms with Crippen LogP contribution in [0, 0.1) is 5.41 Å². The minimum atomic E-state index is -0.591. The van der Waals surface area contributed by atoms with Crippen molar-refractivity contribution in [2.75, 3.05) is 51.3 Å². The van der Waals surface area contributed by atoms with Crippen LogP contribution in [0.1, 0.15) is 58.7 Å². The number of rotatable bonds is 17. The van der Waals surface area contributed by atoms with E-state index in [9.17, 15) is 24.0 Å². The fourth-order valence-corrected chi connectivity index (χ4v) is 6.62. The van der Waals surface area contributed by atoms with Crippen LogP contribution in [0.3, 0.4) is 0 Å². The van der Waals surface area contributed by atoms with Crippen molar-refractivity contribution in [3.05, 3.63) is 95.3 Å². The Morgan fingerprint density at radius 3 is 1.82 bits per heavy atom. The van der Waals surface area contributed by atoms with E-state index in [2.05, 4.69) is 63.3 Å². The van der Waals surface area contributed by atoms with Gasteiger partial charge in [0.1, 0.15) is 22.8 Å². The molecule has 5 amide bonds. The molecule has 0 fully saturated rings. The van der Waals surface area contributed by atoms with E-state index in [1.54, 1.807) is 73.4 Å². The summed E-state index contributed by atoms with van der Waals surface area (Å²) in [4.78, 5) is 66.4. The summed E-state index contributed by atoms with van der Waals surface area (Å²) in [7, 11) is 6.42. The molecule has 4 heterocycles. The normalized spacial score (nSPS) is 11.0. The molecule has 0 radical (unpaired) electrons. The third kappa shape index (κ3) is 10.2. The summed E-state index contributed by atoms with van der Waals surface area (Å²) in [5.41, 5.74) is 7.41. The molecule has 0 aliphatic carbocycles. The summed E-state index contributed by atoms with van der Waals surface area (Å²) in [6, 6.07) is 14.8. The minimum absolute atomic E-state index is 0.0580. The number of halogens is 2. The largest absolute Gasteiger partial charge is 0.388 e. The Hall–Kier alpha value is -6.06. The van der Waals surface area contributed by atoms with Crippen LogP contribution in [0.2, 0.25) is 0 Å². The van der Waals surface area contributed by atoms with Gasteiger partial charge in [0.05, 0.1) is 17.2 Å². The maximum absolute atomic E-state index is 13.8. The first-order valence-corrected chi connectivity index (χ1v) is 19.7. The summed E-state index contributed by atoms with van der Waals surface area (Å²) in [6.45, 7) is 1.23. The molecule has 0 saturated carbocycles. The van der Waals surface area contributed by atoms with Crippen molar-refractivity contribution in [1.82, 2.24) is 39.0 Å². The van der Waals surface area contributed by atoms with Crippen LogP contribution in [0.4, 0.5) is 23.0 Å². The van der Waals surface area contributed by atoms with Crippen LogP contribution in [-0.4, -0.2) is 99.4 Å². The number of anilines is 4. The van der Waals surface area contributed by atoms with Crippen LogP contribution in [0.15, 0.2) is 67.0 Å². The second-order valence-electron chi connectivity index (χ2n) is 12.7. The summed E-state index contributed by atoms with van der Waals surface area (Å²) in [5, 5.41) is 31.2. The van der Waals surface area contributed by atoms with E-state index in [4.69, 9.17) is 11.1 Å². The summed E-state index contributed by atoms with van der Waals surface area (Å²) in [5.74, 6) is -2.17. The average molecular weight is 911 g/mol. The van der Waals surface area contributed by atoms with Gasteiger partial charge < -0.3 is 36.1 Å². The molecule has 57 heavy (non-hydrogen) atoms. The molecule has 4 aromatic heterocycles. The Kier molecular flexibility index (Phi) is 13.8. The number of hydrogen-bond donors (Lipinski definition) is 6. The van der Waals surface area contributed by atoms with E-state index in [1.165, 1.54) is 39.2 Å². The van der Waals surface area contributed by atoms with Gasteiger partial charge in [-0.05, 0) is 24.3 Å². The second-order valence-corrected chi connectivity index (χ2v) is 14.3. The van der Waals surface area contributed by atoms with E-state index in [0.29, 0.717) is 40.7 Å². The molecule has 0 bridgehead atoms. The van der Waals surface area contributed by atoms with Gasteiger partial charge in [-0.1, -0.05) is 50.1 Å². The molecule has 19 nitrogen and oxygen atoms in total. The number of aromatic nitrogens is 6. The van der Waals surface area contributed by atoms with Crippen molar-refractivity contribution in [1.29, 1.82) is 5.41 Å². The van der Waals surface area contributed by atoms with E-state index < -0.39 is 23.6 Å². The van der Waals surface area contributed by atoms with Gasteiger partial charge in [-0.3, -0.25) is 38.7 Å². The maximum atomic E-state index is 13.8. The fourth-order valence-electron chi connectivity index (χ4n) is 5.81. The van der Waals surface area contributed by atoms with Gasteiger partial charge in [0.25, 0.3) is 29.5 Å². The van der Waals surface area contributed by atoms with E-state index >= 15 is 0 Å². The highest BCUT2D eigenvalue weighted by atomic mass is 79.9. The molecule has 300 valence electrons. The Morgan fingerprint density at radius 1 is 0.719 bits per heavy atom. The molecule has 0 aliphatic heterocycles. The minimum Gasteiger partial charge on any atom is -0.388 e. The number of nitrogens with one attached hydrogen (secondary N) is 5. The highest BCUT2D eigenvalue weighted by Crippen LogP contribution is 2.25. The van der Waals surface area contributed by atoms with Crippen molar-refractivity contribution < 1.29 is 24.0 Å². The monoisotopic (exact) mass is 908 g/mol. The zero-order valence-electron chi connectivity index (χ0n) is 31.5. The highest BCUT2D eigenvalue weighted by Gasteiger charge is 2.27. The number of hydrazine groups is 1. The van der Waals surface area contributed by atoms with Crippen molar-refractivity contribution in [3.63, 3.8) is 0 Å². The predicted molar refractivity (Wildman–Crippen MR) is 222 cm³/mol. The number of nitrogens with two attached hydrogens (primary N) is 1. The third-order valence-electron chi connectivity index (χ3n) is 8.53. The smallest absolute Gasteiger partial charge is 0.275 e. The number of alkyl halides is 2. The lowest BCUT2D eigenvalue weighted by Crippen LogP contribution is -2.48. The number of aryl methyl sites for hydroxylation is 4. The summed E-state index contributed by atoms with van der Waals surface area (Å²) in [6.07, 6.45) is 3.49. The lowest BCUT2D eigenvalue weighted by Gasteiger charge is -2.33. The summed E-state index contributed by atoms with van der Waals surface area (Å²) >= 11 is 6.97. The van der Waals surface area contributed by atoms with Gasteiger partial charge in [-0.2, -0.15) is 10.2 Å². The Labute approximate surface area is 344 Å². The molecule has 0 aliphatic rings. The first-order valence-electron chi connectivity index (χ1n) is 17.4. The fraction of sp³-hybridized carbons (Fsp3) is 0.278. The topological polar surface area (TPSA) is 235 Å². The lowest BCUT2D eigenvalue weighted by molar-refractivity contribution is 0.0902. The van der Waals surface area contributed by atoms with Gasteiger partial charge in [0.15, 0.2) is 11.6 Å². The molecule has 1 aromatic carbocycles. The number of hydrogen-bond acceptors (Lipinski definition) is 9. The number of carbonyl (C=O) groups excluding carboxylic acids is 5. The number of amidine groups is 1. The molecule has 7 N–H and O–H groups in total. The molecule has 5 rings (SSSR count). The van der Waals surface area contributed by atoms with E-state index in [0.717, 1.165) is 0 Å². The molecule has 0 unspecified atom stereocenters. The number of benzene rings is 1. The number of nitrogens with zero attached hydrogens (tertiary/aromatic N) is 8. The first kappa shape index (κ1) is 42.1. The van der Waals surface area contributed by atoms with Crippen molar-refractivity contribution in [2.24, 2.45) is 33.9 Å². The SMILES string of the molecule is Cn1cc(N(C(=O)c2ccccc2)N(CCBr)CCBr)cc1C(=O)Nc1cc(C(=O)Nc2cc(C(=O)Nc3cc(C(=O)NCCC(=N)N)n(C)n3)n(C)n2)n(C)c1. The van der Waals surface area contributed by atoms with Gasteiger partial charge in [0.2, 0.25) is 0 Å². The quantitative estimate of drug-likeness (QED) is 0.0347. The van der Waals surface area contributed by atoms with Crippen molar-refractivity contribution in [2.45, 2.75) is 6.42 Å². The molecular weight excluding hydrogens is 868 g/mol. The highest BCUT2D eigenvalue weighted by molar-refractivity contribution is 9.09. The Morgan fingerprint density at radius 2 is 1.25 bits per heavy atom. The number of carbonyl (C=O) groups is 5. The molecule has 21 heteroatoms. The van der Waals surface area contributed by atoms with Crippen LogP contribution in [0.25, 0.3) is 0 Å². The second kappa shape index (κ2) is 18.7. The van der Waals surface area contributed by atoms with E-state index in [-0.39, 0.29) is 59.1 Å². The molecule has 0 atom stereocenters. The summed E-state index contributed by atoms with van der Waals surface area (Å²) < 4.78 is 5.74. The van der Waals surface area contributed by atoms with Crippen LogP contribution in [-0.2, 0) is 28.2 Å². The molecule has 0 spiro atoms. The number of amides is 5. The van der Waals surface area contributed by atoms with Gasteiger partial charge >= 0.3 is 0 Å². The standard InChI is InChI=1S/C36H42Br2N14O5/c1-47-20-23(42-33(54)26-17-24(21-48(26)2)52(51(14-11-37)15-12-38)36(57)22-8-6-5-7-9-22)16-25(47)34(55)43-31-19-28(50(4)46-31)35(56)44-30-18-27(49(3)45-30)32(53)41-13-10-29(39)40/h5-9,16-21H,10-15H2,1-4H3,(H3,39,40)(H,41,53)(H,42,54)(H,43,46,55)(H,44,45,56).